The average Bonchev–Trinajstić information content (AvgIpc) is 2.92. The molecule has 0 radical (unpaired) electrons. The molecule has 194 valence electrons. The van der Waals surface area contributed by atoms with E-state index in [0.29, 0.717) is 16.3 Å². The van der Waals surface area contributed by atoms with Gasteiger partial charge in [-0.3, -0.25) is 4.79 Å². The van der Waals surface area contributed by atoms with Gasteiger partial charge >= 0.3 is 0 Å². The van der Waals surface area contributed by atoms with Gasteiger partial charge in [0.1, 0.15) is 6.04 Å². The van der Waals surface area contributed by atoms with Crippen molar-refractivity contribution < 1.29 is 21.6 Å². The second-order valence-corrected chi connectivity index (χ2v) is 12.6. The van der Waals surface area contributed by atoms with Crippen LogP contribution in [0.15, 0.2) is 99.8 Å². The summed E-state index contributed by atoms with van der Waals surface area (Å²) in [7, 11) is -8.05. The van der Waals surface area contributed by atoms with E-state index in [-0.39, 0.29) is 29.4 Å². The van der Waals surface area contributed by atoms with Crippen LogP contribution in [0.3, 0.4) is 0 Å². The smallest absolute Gasteiger partial charge is 0.259 e. The molecule has 0 saturated carbocycles. The van der Waals surface area contributed by atoms with Gasteiger partial charge in [0.15, 0.2) is 0 Å². The molecule has 3 aromatic rings. The molecule has 3 aromatic carbocycles. The van der Waals surface area contributed by atoms with E-state index >= 15 is 0 Å². The van der Waals surface area contributed by atoms with Gasteiger partial charge in [0.05, 0.1) is 15.5 Å². The fraction of sp³-hybridized carbons (Fsp3) is 0.200. The minimum absolute atomic E-state index is 0.00742. The Kier molecular flexibility index (Phi) is 8.10. The molecule has 0 aromatic heterocycles. The topological polar surface area (TPSA) is 116 Å². The summed E-state index contributed by atoms with van der Waals surface area (Å²) in [6.45, 7) is 0.987. The number of nitrogens with zero attached hydrogens (tertiary/aromatic N) is 3. The second kappa shape index (κ2) is 11.1. The molecule has 4 rings (SSSR count). The number of sulfonamides is 2. The van der Waals surface area contributed by atoms with E-state index in [1.807, 2.05) is 0 Å². The maximum Gasteiger partial charge on any atom is 0.259 e. The van der Waals surface area contributed by atoms with Crippen molar-refractivity contribution in [3.05, 3.63) is 95.5 Å². The molecule has 1 atom stereocenters. The van der Waals surface area contributed by atoms with E-state index in [4.69, 9.17) is 11.6 Å². The standard InChI is InChI=1S/C25H25ClN4O5S2/c1-19(20-12-14-21(26)15-13-20)27-28-25(31)24-18-29(36(32,33)22-8-4-2-5-9-22)16-17-30(24)37(34,35)23-10-6-3-7-11-23/h2-15,24H,16-18H2,1H3,(H,28,31)/b27-19-/t24-/m1/s1. The molecule has 37 heavy (non-hydrogen) atoms. The van der Waals surface area contributed by atoms with Gasteiger partial charge in [0.2, 0.25) is 20.0 Å². The SMILES string of the molecule is C/C(=N/NC(=O)[C@H]1CN(S(=O)(=O)c2ccccc2)CCN1S(=O)(=O)c1ccccc1)c1ccc(Cl)cc1. The van der Waals surface area contributed by atoms with Crippen molar-refractivity contribution in [2.24, 2.45) is 5.10 Å². The molecule has 0 aliphatic carbocycles. The zero-order valence-corrected chi connectivity index (χ0v) is 22.2. The summed E-state index contributed by atoms with van der Waals surface area (Å²) in [5.74, 6) is -0.749. The van der Waals surface area contributed by atoms with Crippen molar-refractivity contribution >= 4 is 43.3 Å². The van der Waals surface area contributed by atoms with Crippen LogP contribution in [0.25, 0.3) is 0 Å². The van der Waals surface area contributed by atoms with Gasteiger partial charge in [-0.05, 0) is 48.9 Å². The number of hydrogen-bond acceptors (Lipinski definition) is 6. The van der Waals surface area contributed by atoms with Crippen molar-refractivity contribution in [3.63, 3.8) is 0 Å². The van der Waals surface area contributed by atoms with Gasteiger partial charge in [-0.1, -0.05) is 60.1 Å². The third-order valence-corrected chi connectivity index (χ3v) is 9.98. The Morgan fingerprint density at radius 1 is 0.838 bits per heavy atom. The number of carbonyl (C=O) groups excluding carboxylic acids is 1. The van der Waals surface area contributed by atoms with Gasteiger partial charge in [0, 0.05) is 24.7 Å². The Morgan fingerprint density at radius 2 is 1.38 bits per heavy atom. The number of benzene rings is 3. The average molecular weight is 561 g/mol. The van der Waals surface area contributed by atoms with Crippen molar-refractivity contribution in [3.8, 4) is 0 Å². The summed E-state index contributed by atoms with van der Waals surface area (Å²) in [4.78, 5) is 13.4. The number of nitrogens with one attached hydrogen (secondary N) is 1. The number of carbonyl (C=O) groups is 1. The summed E-state index contributed by atoms with van der Waals surface area (Å²) in [5.41, 5.74) is 3.59. The number of halogens is 1. The third kappa shape index (κ3) is 5.91. The molecule has 1 amide bonds. The van der Waals surface area contributed by atoms with Crippen LogP contribution in [0.4, 0.5) is 0 Å². The third-order valence-electron chi connectivity index (χ3n) is 5.92. The normalized spacial score (nSPS) is 17.9. The van der Waals surface area contributed by atoms with E-state index in [0.717, 1.165) is 8.61 Å². The van der Waals surface area contributed by atoms with Crippen LogP contribution in [0, 0.1) is 0 Å². The molecule has 1 heterocycles. The summed E-state index contributed by atoms with van der Waals surface area (Å²) >= 11 is 5.92. The van der Waals surface area contributed by atoms with E-state index in [9.17, 15) is 21.6 Å². The quantitative estimate of drug-likeness (QED) is 0.352. The number of piperazine rings is 1. The van der Waals surface area contributed by atoms with Crippen molar-refractivity contribution in [2.75, 3.05) is 19.6 Å². The highest BCUT2D eigenvalue weighted by atomic mass is 35.5. The second-order valence-electron chi connectivity index (χ2n) is 8.30. The molecule has 1 N–H and O–H groups in total. The minimum Gasteiger partial charge on any atom is -0.271 e. The van der Waals surface area contributed by atoms with Gasteiger partial charge < -0.3 is 0 Å². The fourth-order valence-corrected chi connectivity index (χ4v) is 7.08. The summed E-state index contributed by atoms with van der Waals surface area (Å²) < 4.78 is 55.5. The number of hydrazone groups is 1. The lowest BCUT2D eigenvalue weighted by molar-refractivity contribution is -0.125. The molecule has 1 aliphatic heterocycles. The molecule has 9 nitrogen and oxygen atoms in total. The van der Waals surface area contributed by atoms with Gasteiger partial charge in [-0.25, -0.2) is 22.3 Å². The maximum absolute atomic E-state index is 13.4. The summed E-state index contributed by atoms with van der Waals surface area (Å²) in [5, 5.41) is 4.66. The summed E-state index contributed by atoms with van der Waals surface area (Å²) in [6, 6.07) is 21.0. The molecule has 1 saturated heterocycles. The number of amides is 1. The first-order valence-electron chi connectivity index (χ1n) is 11.3. The highest BCUT2D eigenvalue weighted by molar-refractivity contribution is 7.89. The van der Waals surface area contributed by atoms with E-state index in [2.05, 4.69) is 10.5 Å². The zero-order valence-electron chi connectivity index (χ0n) is 19.9. The first-order valence-corrected chi connectivity index (χ1v) is 14.6. The van der Waals surface area contributed by atoms with Crippen LogP contribution < -0.4 is 5.43 Å². The number of rotatable bonds is 7. The van der Waals surface area contributed by atoms with E-state index < -0.39 is 32.0 Å². The maximum atomic E-state index is 13.4. The van der Waals surface area contributed by atoms with Crippen LogP contribution in [0.2, 0.25) is 5.02 Å². The van der Waals surface area contributed by atoms with Crippen molar-refractivity contribution in [1.29, 1.82) is 0 Å². The van der Waals surface area contributed by atoms with Crippen LogP contribution >= 0.6 is 11.6 Å². The number of hydrogen-bond donors (Lipinski definition) is 1. The Balaban J connectivity index is 1.65. The lowest BCUT2D eigenvalue weighted by atomic mass is 10.1. The highest BCUT2D eigenvalue weighted by Gasteiger charge is 2.43. The molecule has 1 fully saturated rings. The van der Waals surface area contributed by atoms with Crippen LogP contribution in [0.1, 0.15) is 12.5 Å². The van der Waals surface area contributed by atoms with Gasteiger partial charge in [-0.15, -0.1) is 0 Å². The highest BCUT2D eigenvalue weighted by Crippen LogP contribution is 2.25. The molecule has 0 unspecified atom stereocenters. The first-order chi connectivity index (χ1) is 17.6. The van der Waals surface area contributed by atoms with Crippen LogP contribution in [-0.2, 0) is 24.8 Å². The van der Waals surface area contributed by atoms with Crippen molar-refractivity contribution in [2.45, 2.75) is 22.8 Å². The first kappa shape index (κ1) is 27.0. The fourth-order valence-electron chi connectivity index (χ4n) is 3.90. The largest absolute Gasteiger partial charge is 0.271 e. The Bertz CT molecular complexity index is 1500. The molecule has 0 spiro atoms. The monoisotopic (exact) mass is 560 g/mol. The summed E-state index contributed by atoms with van der Waals surface area (Å²) in [6.07, 6.45) is 0. The van der Waals surface area contributed by atoms with Crippen molar-refractivity contribution in [1.82, 2.24) is 14.0 Å². The predicted octanol–water partition coefficient (Wildman–Crippen LogP) is 2.94. The molecular formula is C25H25ClN4O5S2. The zero-order chi connectivity index (χ0) is 26.6. The Morgan fingerprint density at radius 3 is 1.95 bits per heavy atom. The van der Waals surface area contributed by atoms with Crippen LogP contribution in [-0.4, -0.2) is 62.7 Å². The molecule has 12 heteroatoms. The van der Waals surface area contributed by atoms with E-state index in [1.54, 1.807) is 67.6 Å². The van der Waals surface area contributed by atoms with E-state index in [1.165, 1.54) is 24.3 Å². The van der Waals surface area contributed by atoms with Gasteiger partial charge in [0.25, 0.3) is 5.91 Å². The lowest BCUT2D eigenvalue weighted by Crippen LogP contribution is -2.60. The molecule has 1 aliphatic rings. The van der Waals surface area contributed by atoms with Crippen LogP contribution in [0.5, 0.6) is 0 Å². The van der Waals surface area contributed by atoms with Gasteiger partial charge in [-0.2, -0.15) is 13.7 Å². The Labute approximate surface area is 221 Å². The lowest BCUT2D eigenvalue weighted by Gasteiger charge is -2.38. The minimum atomic E-state index is -4.10. The Hall–Kier alpha value is -3.09. The molecular weight excluding hydrogens is 536 g/mol. The predicted molar refractivity (Wildman–Crippen MR) is 141 cm³/mol. The molecule has 0 bridgehead atoms.